The molecule has 0 saturated heterocycles. The smallest absolute Gasteiger partial charge is 0.303 e. The van der Waals surface area contributed by atoms with Crippen molar-refractivity contribution in [3.63, 3.8) is 0 Å². The van der Waals surface area contributed by atoms with Crippen molar-refractivity contribution in [3.05, 3.63) is 0 Å². The first-order chi connectivity index (χ1) is 8.16. The SMILES string of the molecule is NCCNC(O)CCCCCCCCC(=O)O. The largest absolute Gasteiger partial charge is 0.481 e. The van der Waals surface area contributed by atoms with Crippen LogP contribution in [0, 0.1) is 0 Å². The minimum atomic E-state index is -0.709. The van der Waals surface area contributed by atoms with Gasteiger partial charge in [0.05, 0.1) is 0 Å². The standard InChI is InChI=1S/C12H26N2O3/c13-9-10-14-11(15)7-5-3-1-2-4-6-8-12(16)17/h11,14-15H,1-10,13H2,(H,16,17). The van der Waals surface area contributed by atoms with Gasteiger partial charge in [-0.1, -0.05) is 25.7 Å². The van der Waals surface area contributed by atoms with Crippen LogP contribution in [0.25, 0.3) is 0 Å². The molecule has 1 unspecified atom stereocenters. The summed E-state index contributed by atoms with van der Waals surface area (Å²) >= 11 is 0. The molecule has 0 amide bonds. The number of unbranched alkanes of at least 4 members (excludes halogenated alkanes) is 5. The number of hydrogen-bond acceptors (Lipinski definition) is 4. The Hall–Kier alpha value is -0.650. The quantitative estimate of drug-likeness (QED) is 0.305. The van der Waals surface area contributed by atoms with Crippen LogP contribution in [0.4, 0.5) is 0 Å². The molecule has 5 heteroatoms. The summed E-state index contributed by atoms with van der Waals surface area (Å²) in [4.78, 5) is 10.3. The summed E-state index contributed by atoms with van der Waals surface area (Å²) in [5.41, 5.74) is 5.31. The molecule has 0 radical (unpaired) electrons. The van der Waals surface area contributed by atoms with E-state index in [4.69, 9.17) is 10.8 Å². The summed E-state index contributed by atoms with van der Waals surface area (Å²) in [7, 11) is 0. The van der Waals surface area contributed by atoms with Crippen molar-refractivity contribution in [1.82, 2.24) is 5.32 Å². The Morgan fingerprint density at radius 1 is 1.12 bits per heavy atom. The maximum atomic E-state index is 10.3. The maximum Gasteiger partial charge on any atom is 0.303 e. The first-order valence-electron chi connectivity index (χ1n) is 6.50. The molecule has 102 valence electrons. The minimum absolute atomic E-state index is 0.279. The van der Waals surface area contributed by atoms with E-state index in [9.17, 15) is 9.90 Å². The molecule has 0 rings (SSSR count). The number of rotatable bonds is 12. The van der Waals surface area contributed by atoms with Crippen molar-refractivity contribution in [2.45, 2.75) is 57.6 Å². The summed E-state index contributed by atoms with van der Waals surface area (Å²) < 4.78 is 0. The van der Waals surface area contributed by atoms with Gasteiger partial charge in [-0.15, -0.1) is 0 Å². The normalized spacial score (nSPS) is 12.6. The number of aliphatic hydroxyl groups excluding tert-OH is 1. The van der Waals surface area contributed by atoms with Gasteiger partial charge < -0.3 is 15.9 Å². The fourth-order valence-corrected chi connectivity index (χ4v) is 1.67. The van der Waals surface area contributed by atoms with E-state index in [-0.39, 0.29) is 6.42 Å². The highest BCUT2D eigenvalue weighted by Crippen LogP contribution is 2.09. The van der Waals surface area contributed by atoms with Gasteiger partial charge in [-0.3, -0.25) is 10.1 Å². The molecular formula is C12H26N2O3. The van der Waals surface area contributed by atoms with Crippen LogP contribution in [-0.2, 0) is 4.79 Å². The second-order valence-electron chi connectivity index (χ2n) is 4.31. The third-order valence-corrected chi connectivity index (χ3v) is 2.64. The molecule has 0 aliphatic heterocycles. The molecule has 0 fully saturated rings. The van der Waals surface area contributed by atoms with Gasteiger partial charge in [0.15, 0.2) is 0 Å². The molecular weight excluding hydrogens is 220 g/mol. The average Bonchev–Trinajstić information content (AvgIpc) is 2.29. The second kappa shape index (κ2) is 11.8. The van der Waals surface area contributed by atoms with Crippen molar-refractivity contribution < 1.29 is 15.0 Å². The molecule has 17 heavy (non-hydrogen) atoms. The zero-order valence-electron chi connectivity index (χ0n) is 10.5. The Morgan fingerprint density at radius 3 is 2.29 bits per heavy atom. The van der Waals surface area contributed by atoms with Crippen molar-refractivity contribution in [1.29, 1.82) is 0 Å². The van der Waals surface area contributed by atoms with Crippen LogP contribution in [0.3, 0.4) is 0 Å². The van der Waals surface area contributed by atoms with E-state index >= 15 is 0 Å². The Bertz CT molecular complexity index is 189. The molecule has 0 aliphatic rings. The van der Waals surface area contributed by atoms with Crippen LogP contribution in [0.5, 0.6) is 0 Å². The third-order valence-electron chi connectivity index (χ3n) is 2.64. The van der Waals surface area contributed by atoms with Crippen LogP contribution in [0.15, 0.2) is 0 Å². The number of nitrogens with two attached hydrogens (primary N) is 1. The monoisotopic (exact) mass is 246 g/mol. The van der Waals surface area contributed by atoms with E-state index in [1.165, 1.54) is 0 Å². The number of aliphatic carboxylic acids is 1. The third kappa shape index (κ3) is 13.3. The topological polar surface area (TPSA) is 95.6 Å². The number of aliphatic hydroxyl groups is 1. The highest BCUT2D eigenvalue weighted by molar-refractivity contribution is 5.66. The molecule has 0 spiro atoms. The zero-order chi connectivity index (χ0) is 12.9. The van der Waals surface area contributed by atoms with Crippen molar-refractivity contribution >= 4 is 5.97 Å². The van der Waals surface area contributed by atoms with Gasteiger partial charge in [0, 0.05) is 19.5 Å². The fraction of sp³-hybridized carbons (Fsp3) is 0.917. The van der Waals surface area contributed by atoms with E-state index in [1.807, 2.05) is 0 Å². The lowest BCUT2D eigenvalue weighted by Crippen LogP contribution is -2.32. The molecule has 5 nitrogen and oxygen atoms in total. The molecule has 0 aromatic heterocycles. The van der Waals surface area contributed by atoms with Crippen LogP contribution in [0.2, 0.25) is 0 Å². The Morgan fingerprint density at radius 2 is 1.71 bits per heavy atom. The lowest BCUT2D eigenvalue weighted by molar-refractivity contribution is -0.137. The number of carbonyl (C=O) groups is 1. The lowest BCUT2D eigenvalue weighted by atomic mass is 10.1. The summed E-state index contributed by atoms with van der Waals surface area (Å²) in [6.45, 7) is 1.19. The second-order valence-corrected chi connectivity index (χ2v) is 4.31. The molecule has 1 atom stereocenters. The zero-order valence-corrected chi connectivity index (χ0v) is 10.5. The number of carboxylic acids is 1. The average molecular weight is 246 g/mol. The minimum Gasteiger partial charge on any atom is -0.481 e. The van der Waals surface area contributed by atoms with Gasteiger partial charge in [-0.2, -0.15) is 0 Å². The predicted octanol–water partition coefficient (Wildman–Crippen LogP) is 1.06. The van der Waals surface area contributed by atoms with Crippen molar-refractivity contribution in [3.8, 4) is 0 Å². The fourth-order valence-electron chi connectivity index (χ4n) is 1.67. The lowest BCUT2D eigenvalue weighted by Gasteiger charge is -2.11. The molecule has 0 aromatic rings. The summed E-state index contributed by atoms with van der Waals surface area (Å²) in [5, 5.41) is 20.8. The maximum absolute atomic E-state index is 10.3. The predicted molar refractivity (Wildman–Crippen MR) is 67.6 cm³/mol. The van der Waals surface area contributed by atoms with E-state index in [2.05, 4.69) is 5.32 Å². The van der Waals surface area contributed by atoms with E-state index in [0.29, 0.717) is 13.1 Å². The summed E-state index contributed by atoms with van der Waals surface area (Å²) in [6, 6.07) is 0. The first-order valence-corrected chi connectivity index (χ1v) is 6.50. The Balaban J connectivity index is 3.10. The Labute approximate surface area is 103 Å². The van der Waals surface area contributed by atoms with E-state index in [1.54, 1.807) is 0 Å². The van der Waals surface area contributed by atoms with E-state index < -0.39 is 12.2 Å². The number of carboxylic acid groups (broad SMARTS) is 1. The van der Waals surface area contributed by atoms with Gasteiger partial charge in [-0.25, -0.2) is 0 Å². The molecule has 0 heterocycles. The van der Waals surface area contributed by atoms with Crippen LogP contribution >= 0.6 is 0 Å². The number of nitrogens with one attached hydrogen (secondary N) is 1. The number of hydrogen-bond donors (Lipinski definition) is 4. The van der Waals surface area contributed by atoms with Gasteiger partial charge in [0.1, 0.15) is 6.23 Å². The van der Waals surface area contributed by atoms with E-state index in [0.717, 1.165) is 44.9 Å². The molecule has 5 N–H and O–H groups in total. The molecule has 0 aromatic carbocycles. The van der Waals surface area contributed by atoms with Crippen LogP contribution in [0.1, 0.15) is 51.4 Å². The van der Waals surface area contributed by atoms with Crippen LogP contribution < -0.4 is 11.1 Å². The van der Waals surface area contributed by atoms with Gasteiger partial charge in [-0.05, 0) is 19.3 Å². The van der Waals surface area contributed by atoms with Crippen molar-refractivity contribution in [2.24, 2.45) is 5.73 Å². The molecule has 0 bridgehead atoms. The Kier molecular flexibility index (Phi) is 11.4. The van der Waals surface area contributed by atoms with Gasteiger partial charge >= 0.3 is 5.97 Å². The van der Waals surface area contributed by atoms with Gasteiger partial charge in [0.25, 0.3) is 0 Å². The molecule has 0 aliphatic carbocycles. The summed E-state index contributed by atoms with van der Waals surface area (Å²) in [6.07, 6.45) is 6.65. The highest BCUT2D eigenvalue weighted by Gasteiger charge is 2.01. The highest BCUT2D eigenvalue weighted by atomic mass is 16.4. The first kappa shape index (κ1) is 16.4. The van der Waals surface area contributed by atoms with Crippen molar-refractivity contribution in [2.75, 3.05) is 13.1 Å². The summed E-state index contributed by atoms with van der Waals surface area (Å²) in [5.74, 6) is -0.709. The molecule has 0 saturated carbocycles. The van der Waals surface area contributed by atoms with Crippen LogP contribution in [-0.4, -0.2) is 35.5 Å². The van der Waals surface area contributed by atoms with Gasteiger partial charge in [0.2, 0.25) is 0 Å².